The largest absolute Gasteiger partial charge is 0.480 e. The SMILES string of the molecule is CC(C)(C)OC(=O)N1CC2CCC(OCC(=O)O)(c3ccc(Br)cn3)C2C1. The van der Waals surface area contributed by atoms with Crippen LogP contribution in [0.4, 0.5) is 4.79 Å². The Morgan fingerprint density at radius 3 is 2.70 bits per heavy atom. The number of amides is 1. The van der Waals surface area contributed by atoms with Gasteiger partial charge in [0.15, 0.2) is 0 Å². The first-order valence-corrected chi connectivity index (χ1v) is 9.86. The number of carboxylic acid groups (broad SMARTS) is 1. The summed E-state index contributed by atoms with van der Waals surface area (Å²) >= 11 is 3.38. The van der Waals surface area contributed by atoms with Crippen molar-refractivity contribution in [2.45, 2.75) is 44.8 Å². The monoisotopic (exact) mass is 440 g/mol. The van der Waals surface area contributed by atoms with Crippen molar-refractivity contribution in [2.24, 2.45) is 11.8 Å². The number of aliphatic carboxylic acids is 1. The molecule has 2 aliphatic rings. The molecule has 1 saturated heterocycles. The Morgan fingerprint density at radius 2 is 2.11 bits per heavy atom. The van der Waals surface area contributed by atoms with Gasteiger partial charge in [-0.2, -0.15) is 0 Å². The fourth-order valence-electron chi connectivity index (χ4n) is 4.14. The number of hydrogen-bond acceptors (Lipinski definition) is 5. The van der Waals surface area contributed by atoms with E-state index in [1.807, 2.05) is 32.9 Å². The number of carbonyl (C=O) groups excluding carboxylic acids is 1. The lowest BCUT2D eigenvalue weighted by molar-refractivity contribution is -0.154. The molecule has 7 nitrogen and oxygen atoms in total. The smallest absolute Gasteiger partial charge is 0.410 e. The minimum absolute atomic E-state index is 0.0157. The topological polar surface area (TPSA) is 89.0 Å². The molecule has 0 bridgehead atoms. The van der Waals surface area contributed by atoms with Gasteiger partial charge in [-0.3, -0.25) is 4.98 Å². The number of fused-ring (bicyclic) bond motifs is 1. The summed E-state index contributed by atoms with van der Waals surface area (Å²) in [6, 6.07) is 3.74. The fraction of sp³-hybridized carbons (Fsp3) is 0.632. The Labute approximate surface area is 167 Å². The van der Waals surface area contributed by atoms with Crippen LogP contribution in [0.5, 0.6) is 0 Å². The van der Waals surface area contributed by atoms with Gasteiger partial charge in [-0.15, -0.1) is 0 Å². The van der Waals surface area contributed by atoms with Gasteiger partial charge in [0.25, 0.3) is 0 Å². The van der Waals surface area contributed by atoms with E-state index < -0.39 is 23.8 Å². The minimum atomic E-state index is -1.02. The van der Waals surface area contributed by atoms with Gasteiger partial charge in [-0.1, -0.05) is 0 Å². The van der Waals surface area contributed by atoms with Crippen molar-refractivity contribution in [1.29, 1.82) is 0 Å². The average Bonchev–Trinajstić information content (AvgIpc) is 3.12. The summed E-state index contributed by atoms with van der Waals surface area (Å²) in [6.07, 6.45) is 2.89. The van der Waals surface area contributed by atoms with Crippen LogP contribution in [0.3, 0.4) is 0 Å². The van der Waals surface area contributed by atoms with Crippen LogP contribution < -0.4 is 0 Å². The molecule has 1 aliphatic carbocycles. The zero-order valence-electron chi connectivity index (χ0n) is 15.8. The molecule has 1 N–H and O–H groups in total. The molecule has 3 rings (SSSR count). The van der Waals surface area contributed by atoms with Gasteiger partial charge < -0.3 is 19.5 Å². The van der Waals surface area contributed by atoms with Gasteiger partial charge in [-0.25, -0.2) is 9.59 Å². The van der Waals surface area contributed by atoms with E-state index in [0.29, 0.717) is 25.2 Å². The van der Waals surface area contributed by atoms with Gasteiger partial charge in [0.05, 0.1) is 5.69 Å². The number of rotatable bonds is 4. The third-order valence-corrected chi connectivity index (χ3v) is 5.66. The fourth-order valence-corrected chi connectivity index (χ4v) is 4.38. The second kappa shape index (κ2) is 7.39. The highest BCUT2D eigenvalue weighted by Gasteiger charge is 2.56. The van der Waals surface area contributed by atoms with Crippen molar-refractivity contribution in [3.63, 3.8) is 0 Å². The summed E-state index contributed by atoms with van der Waals surface area (Å²) in [7, 11) is 0. The predicted molar refractivity (Wildman–Crippen MR) is 101 cm³/mol. The second-order valence-corrected chi connectivity index (χ2v) is 9.14. The highest BCUT2D eigenvalue weighted by atomic mass is 79.9. The van der Waals surface area contributed by atoms with Crippen LogP contribution in [0.2, 0.25) is 0 Å². The molecule has 8 heteroatoms. The molecule has 0 spiro atoms. The highest BCUT2D eigenvalue weighted by Crippen LogP contribution is 2.52. The number of hydrogen-bond donors (Lipinski definition) is 1. The number of aromatic nitrogens is 1. The van der Waals surface area contributed by atoms with E-state index in [2.05, 4.69) is 20.9 Å². The summed E-state index contributed by atoms with van der Waals surface area (Å²) in [4.78, 5) is 29.9. The quantitative estimate of drug-likeness (QED) is 0.771. The van der Waals surface area contributed by atoms with Crippen LogP contribution in [0.25, 0.3) is 0 Å². The molecule has 1 aliphatic heterocycles. The zero-order valence-corrected chi connectivity index (χ0v) is 17.4. The number of ether oxygens (including phenoxy) is 2. The molecule has 27 heavy (non-hydrogen) atoms. The lowest BCUT2D eigenvalue weighted by Gasteiger charge is -2.35. The molecule has 3 atom stereocenters. The summed E-state index contributed by atoms with van der Waals surface area (Å²) in [5.41, 5.74) is -0.648. The lowest BCUT2D eigenvalue weighted by Crippen LogP contribution is -2.41. The third kappa shape index (κ3) is 4.27. The van der Waals surface area contributed by atoms with Gasteiger partial charge in [0.1, 0.15) is 17.8 Å². The van der Waals surface area contributed by atoms with Crippen molar-refractivity contribution < 1.29 is 24.2 Å². The van der Waals surface area contributed by atoms with Crippen LogP contribution in [0, 0.1) is 11.8 Å². The third-order valence-electron chi connectivity index (χ3n) is 5.19. The number of nitrogens with zero attached hydrogens (tertiary/aromatic N) is 2. The molecule has 0 aromatic carbocycles. The maximum Gasteiger partial charge on any atom is 0.410 e. The normalized spacial score (nSPS) is 27.5. The number of likely N-dealkylation sites (tertiary alicyclic amines) is 1. The molecule has 3 unspecified atom stereocenters. The van der Waals surface area contributed by atoms with E-state index in [1.165, 1.54) is 0 Å². The Hall–Kier alpha value is -1.67. The molecule has 1 aromatic heterocycles. The van der Waals surface area contributed by atoms with E-state index >= 15 is 0 Å². The summed E-state index contributed by atoms with van der Waals surface area (Å²) < 4.78 is 12.3. The molecule has 1 amide bonds. The van der Waals surface area contributed by atoms with Crippen molar-refractivity contribution in [1.82, 2.24) is 9.88 Å². The standard InChI is InChI=1S/C19H25BrN2O5/c1-18(2,3)27-17(25)22-9-12-6-7-19(14(12)10-22,26-11-16(23)24)15-5-4-13(20)8-21-15/h4-5,8,12,14H,6-7,9-11H2,1-3H3,(H,23,24). The first-order valence-electron chi connectivity index (χ1n) is 9.06. The average molecular weight is 441 g/mol. The molecule has 2 heterocycles. The Balaban J connectivity index is 1.85. The number of halogens is 1. The van der Waals surface area contributed by atoms with Gasteiger partial charge in [0, 0.05) is 29.7 Å². The van der Waals surface area contributed by atoms with Crippen molar-refractivity contribution in [3.8, 4) is 0 Å². The van der Waals surface area contributed by atoms with Crippen LogP contribution in [0.1, 0.15) is 39.3 Å². The first kappa shape index (κ1) is 20.1. The Kier molecular flexibility index (Phi) is 5.49. The Morgan fingerprint density at radius 1 is 1.37 bits per heavy atom. The van der Waals surface area contributed by atoms with Crippen molar-refractivity contribution >= 4 is 28.0 Å². The second-order valence-electron chi connectivity index (χ2n) is 8.22. The molecule has 0 radical (unpaired) electrons. The first-order chi connectivity index (χ1) is 12.6. The van der Waals surface area contributed by atoms with E-state index in [-0.39, 0.29) is 17.9 Å². The molecule has 2 fully saturated rings. The van der Waals surface area contributed by atoms with Crippen LogP contribution in [-0.2, 0) is 19.9 Å². The summed E-state index contributed by atoms with van der Waals surface area (Å²) in [5, 5.41) is 9.15. The lowest BCUT2D eigenvalue weighted by atomic mass is 9.84. The predicted octanol–water partition coefficient (Wildman–Crippen LogP) is 3.42. The van der Waals surface area contributed by atoms with Crippen molar-refractivity contribution in [3.05, 3.63) is 28.5 Å². The van der Waals surface area contributed by atoms with E-state index in [4.69, 9.17) is 14.6 Å². The van der Waals surface area contributed by atoms with Gasteiger partial charge in [0.2, 0.25) is 0 Å². The van der Waals surface area contributed by atoms with Crippen LogP contribution in [0.15, 0.2) is 22.8 Å². The molecule has 148 valence electrons. The van der Waals surface area contributed by atoms with Crippen LogP contribution >= 0.6 is 15.9 Å². The molecule has 1 aromatic rings. The highest BCUT2D eigenvalue weighted by molar-refractivity contribution is 9.10. The van der Waals surface area contributed by atoms with Crippen LogP contribution in [-0.4, -0.2) is 52.4 Å². The number of pyridine rings is 1. The molecular formula is C19H25BrN2O5. The van der Waals surface area contributed by atoms with Crippen molar-refractivity contribution in [2.75, 3.05) is 19.7 Å². The van der Waals surface area contributed by atoms with Gasteiger partial charge >= 0.3 is 12.1 Å². The molecular weight excluding hydrogens is 416 g/mol. The maximum atomic E-state index is 12.5. The van der Waals surface area contributed by atoms with Gasteiger partial charge in [-0.05, 0) is 67.6 Å². The summed E-state index contributed by atoms with van der Waals surface area (Å²) in [5.74, 6) is -0.799. The number of carbonyl (C=O) groups is 2. The number of carboxylic acids is 1. The molecule has 1 saturated carbocycles. The van der Waals surface area contributed by atoms with E-state index in [1.54, 1.807) is 11.1 Å². The Bertz CT molecular complexity index is 718. The maximum absolute atomic E-state index is 12.5. The summed E-state index contributed by atoms with van der Waals surface area (Å²) in [6.45, 7) is 6.19. The zero-order chi connectivity index (χ0) is 19.8. The van der Waals surface area contributed by atoms with E-state index in [9.17, 15) is 9.59 Å². The minimum Gasteiger partial charge on any atom is -0.480 e. The van der Waals surface area contributed by atoms with E-state index in [0.717, 1.165) is 10.9 Å².